The molecule has 1 amide bonds. The standard InChI is InChI=1S/C21H21N2OS/c1-3-18-15-25-20(22-18)21(2,17-12-8-5-9-13-17)23-19(24)14-16-10-6-4-7-11-16/h4,6-13,15H,3,14H2,1-2H3,(H,23,24). The van der Waals surface area contributed by atoms with E-state index in [4.69, 9.17) is 4.98 Å². The average molecular weight is 349 g/mol. The predicted octanol–water partition coefficient (Wildman–Crippen LogP) is 4.13. The first-order valence-electron chi connectivity index (χ1n) is 8.38. The molecule has 0 aliphatic heterocycles. The largest absolute Gasteiger partial charge is 0.340 e. The second-order valence-electron chi connectivity index (χ2n) is 6.12. The fourth-order valence-corrected chi connectivity index (χ4v) is 3.81. The third kappa shape index (κ3) is 3.97. The minimum atomic E-state index is -0.654. The molecule has 25 heavy (non-hydrogen) atoms. The van der Waals surface area contributed by atoms with Gasteiger partial charge in [0.15, 0.2) is 0 Å². The summed E-state index contributed by atoms with van der Waals surface area (Å²) in [6.07, 6.45) is 1.23. The summed E-state index contributed by atoms with van der Waals surface area (Å²) in [6, 6.07) is 20.5. The summed E-state index contributed by atoms with van der Waals surface area (Å²) < 4.78 is 0. The zero-order chi connectivity index (χ0) is 17.7. The molecule has 4 heteroatoms. The highest BCUT2D eigenvalue weighted by Gasteiger charge is 2.33. The lowest BCUT2D eigenvalue weighted by Gasteiger charge is -2.29. The van der Waals surface area contributed by atoms with E-state index in [-0.39, 0.29) is 5.91 Å². The highest BCUT2D eigenvalue weighted by Crippen LogP contribution is 2.31. The summed E-state index contributed by atoms with van der Waals surface area (Å²) in [5.41, 5.74) is 2.40. The molecular weight excluding hydrogens is 328 g/mol. The van der Waals surface area contributed by atoms with Crippen LogP contribution in [-0.2, 0) is 23.2 Å². The number of thiazole rings is 1. The van der Waals surface area contributed by atoms with Crippen LogP contribution in [0.2, 0.25) is 0 Å². The Balaban J connectivity index is 1.90. The number of amides is 1. The summed E-state index contributed by atoms with van der Waals surface area (Å²) in [6.45, 7) is 4.10. The zero-order valence-corrected chi connectivity index (χ0v) is 15.3. The Morgan fingerprint density at radius 1 is 1.20 bits per heavy atom. The lowest BCUT2D eigenvalue weighted by Crippen LogP contribution is -2.45. The quantitative estimate of drug-likeness (QED) is 0.727. The lowest BCUT2D eigenvalue weighted by molar-refractivity contribution is -0.121. The first-order valence-corrected chi connectivity index (χ1v) is 9.26. The van der Waals surface area contributed by atoms with Crippen molar-refractivity contribution in [3.8, 4) is 0 Å². The molecule has 1 atom stereocenters. The van der Waals surface area contributed by atoms with Crippen LogP contribution in [0, 0.1) is 6.07 Å². The van der Waals surface area contributed by atoms with Gasteiger partial charge in [-0.2, -0.15) is 0 Å². The molecule has 0 saturated carbocycles. The van der Waals surface area contributed by atoms with Crippen LogP contribution in [-0.4, -0.2) is 10.9 Å². The number of rotatable bonds is 6. The van der Waals surface area contributed by atoms with Gasteiger partial charge in [-0.1, -0.05) is 61.5 Å². The van der Waals surface area contributed by atoms with Gasteiger partial charge in [0.2, 0.25) is 5.91 Å². The molecular formula is C21H21N2OS. The molecule has 0 fully saturated rings. The van der Waals surface area contributed by atoms with Gasteiger partial charge in [-0.3, -0.25) is 4.79 Å². The van der Waals surface area contributed by atoms with Crippen LogP contribution in [0.25, 0.3) is 0 Å². The number of carbonyl (C=O) groups excluding carboxylic acids is 1. The Hall–Kier alpha value is -2.46. The molecule has 127 valence electrons. The number of benzene rings is 2. The molecule has 3 rings (SSSR count). The van der Waals surface area contributed by atoms with Gasteiger partial charge in [0.25, 0.3) is 0 Å². The molecule has 0 bridgehead atoms. The summed E-state index contributed by atoms with van der Waals surface area (Å²) in [5, 5.41) is 6.17. The minimum absolute atomic E-state index is 0.0187. The van der Waals surface area contributed by atoms with E-state index in [0.717, 1.165) is 28.2 Å². The summed E-state index contributed by atoms with van der Waals surface area (Å²) in [4.78, 5) is 17.4. The van der Waals surface area contributed by atoms with Crippen molar-refractivity contribution < 1.29 is 4.79 Å². The van der Waals surface area contributed by atoms with Gasteiger partial charge < -0.3 is 5.32 Å². The number of carbonyl (C=O) groups is 1. The first kappa shape index (κ1) is 17.4. The molecule has 2 aromatic carbocycles. The maximum absolute atomic E-state index is 12.7. The van der Waals surface area contributed by atoms with E-state index in [1.165, 1.54) is 0 Å². The smallest absolute Gasteiger partial charge is 0.225 e. The molecule has 1 heterocycles. The van der Waals surface area contributed by atoms with Crippen molar-refractivity contribution in [3.05, 3.63) is 87.9 Å². The van der Waals surface area contributed by atoms with Gasteiger partial charge in [-0.25, -0.2) is 4.98 Å². The van der Waals surface area contributed by atoms with Crippen molar-refractivity contribution in [3.63, 3.8) is 0 Å². The van der Waals surface area contributed by atoms with Crippen LogP contribution in [0.3, 0.4) is 0 Å². The number of nitrogens with one attached hydrogen (secondary N) is 1. The van der Waals surface area contributed by atoms with Crippen LogP contribution < -0.4 is 5.32 Å². The van der Waals surface area contributed by atoms with Crippen LogP contribution >= 0.6 is 11.3 Å². The monoisotopic (exact) mass is 349 g/mol. The Kier molecular flexibility index (Phi) is 5.29. The van der Waals surface area contributed by atoms with E-state index in [9.17, 15) is 4.79 Å². The lowest BCUT2D eigenvalue weighted by atomic mass is 9.92. The van der Waals surface area contributed by atoms with E-state index >= 15 is 0 Å². The van der Waals surface area contributed by atoms with Crippen molar-refractivity contribution >= 4 is 17.2 Å². The van der Waals surface area contributed by atoms with E-state index < -0.39 is 5.54 Å². The molecule has 0 aliphatic carbocycles. The summed E-state index contributed by atoms with van der Waals surface area (Å²) >= 11 is 1.59. The topological polar surface area (TPSA) is 42.0 Å². The number of nitrogens with zero attached hydrogens (tertiary/aromatic N) is 1. The summed E-state index contributed by atoms with van der Waals surface area (Å²) in [7, 11) is 0. The van der Waals surface area contributed by atoms with Crippen LogP contribution in [0.5, 0.6) is 0 Å². The van der Waals surface area contributed by atoms with Crippen molar-refractivity contribution in [1.29, 1.82) is 0 Å². The number of aromatic nitrogens is 1. The molecule has 1 unspecified atom stereocenters. The number of hydrogen-bond donors (Lipinski definition) is 1. The highest BCUT2D eigenvalue weighted by molar-refractivity contribution is 7.09. The second kappa shape index (κ2) is 7.62. The Labute approximate surface area is 152 Å². The third-order valence-electron chi connectivity index (χ3n) is 4.23. The fourth-order valence-electron chi connectivity index (χ4n) is 2.77. The highest BCUT2D eigenvalue weighted by atomic mass is 32.1. The Morgan fingerprint density at radius 3 is 2.56 bits per heavy atom. The fraction of sp³-hybridized carbons (Fsp3) is 0.238. The van der Waals surface area contributed by atoms with Gasteiger partial charge in [-0.15, -0.1) is 11.3 Å². The zero-order valence-electron chi connectivity index (χ0n) is 14.5. The van der Waals surface area contributed by atoms with Crippen molar-refractivity contribution in [2.24, 2.45) is 0 Å². The van der Waals surface area contributed by atoms with Crippen molar-refractivity contribution in [1.82, 2.24) is 10.3 Å². The van der Waals surface area contributed by atoms with Crippen LogP contribution in [0.15, 0.2) is 60.0 Å². The maximum Gasteiger partial charge on any atom is 0.225 e. The predicted molar refractivity (Wildman–Crippen MR) is 102 cm³/mol. The molecule has 3 aromatic rings. The maximum atomic E-state index is 12.7. The van der Waals surface area contributed by atoms with E-state index in [0.29, 0.717) is 6.42 Å². The Morgan fingerprint density at radius 2 is 1.92 bits per heavy atom. The van der Waals surface area contributed by atoms with E-state index in [1.807, 2.05) is 61.5 Å². The van der Waals surface area contributed by atoms with Crippen molar-refractivity contribution in [2.75, 3.05) is 0 Å². The SMILES string of the molecule is CCc1csc(C(C)(NC(=O)Cc2ccccc2)c2cc[c]cc2)n1. The average Bonchev–Trinajstić information content (AvgIpc) is 3.13. The van der Waals surface area contributed by atoms with E-state index in [1.54, 1.807) is 11.3 Å². The van der Waals surface area contributed by atoms with E-state index in [2.05, 4.69) is 23.7 Å². The molecule has 3 nitrogen and oxygen atoms in total. The van der Waals surface area contributed by atoms with Crippen molar-refractivity contribution in [2.45, 2.75) is 32.2 Å². The molecule has 1 N–H and O–H groups in total. The Bertz CT molecular complexity index is 829. The normalized spacial score (nSPS) is 13.2. The van der Waals surface area contributed by atoms with Gasteiger partial charge in [-0.05, 0) is 30.5 Å². The van der Waals surface area contributed by atoms with Crippen LogP contribution in [0.1, 0.15) is 35.7 Å². The number of aryl methyl sites for hydroxylation is 1. The third-order valence-corrected chi connectivity index (χ3v) is 5.35. The number of hydrogen-bond acceptors (Lipinski definition) is 3. The van der Waals surface area contributed by atoms with Gasteiger partial charge in [0, 0.05) is 5.38 Å². The van der Waals surface area contributed by atoms with Crippen LogP contribution in [0.4, 0.5) is 0 Å². The minimum Gasteiger partial charge on any atom is -0.340 e. The second-order valence-corrected chi connectivity index (χ2v) is 6.98. The van der Waals surface area contributed by atoms with Gasteiger partial charge in [0.1, 0.15) is 10.5 Å². The summed E-state index contributed by atoms with van der Waals surface area (Å²) in [5.74, 6) is -0.0187. The molecule has 0 saturated heterocycles. The van der Waals surface area contributed by atoms with Gasteiger partial charge in [0.05, 0.1) is 12.1 Å². The molecule has 1 radical (unpaired) electrons. The molecule has 0 spiro atoms. The first-order chi connectivity index (χ1) is 12.1. The van der Waals surface area contributed by atoms with Gasteiger partial charge >= 0.3 is 0 Å². The molecule has 0 aliphatic rings. The molecule has 1 aromatic heterocycles.